The number of benzene rings is 1. The second-order valence-electron chi connectivity index (χ2n) is 4.37. The van der Waals surface area contributed by atoms with E-state index in [1.54, 1.807) is 11.8 Å². The predicted molar refractivity (Wildman–Crippen MR) is 73.0 cm³/mol. The normalized spacial score (nSPS) is 10.4. The minimum atomic E-state index is 0.716. The van der Waals surface area contributed by atoms with Gasteiger partial charge in [0.2, 0.25) is 5.88 Å². The third kappa shape index (κ3) is 2.32. The number of nitrogens with zero attached hydrogens (tertiary/aromatic N) is 2. The molecule has 2 rings (SSSR count). The van der Waals surface area contributed by atoms with Crippen LogP contribution in [-0.2, 0) is 13.6 Å². The van der Waals surface area contributed by atoms with E-state index in [0.717, 1.165) is 22.8 Å². The highest BCUT2D eigenvalue weighted by molar-refractivity contribution is 5.51. The summed E-state index contributed by atoms with van der Waals surface area (Å²) in [5, 5.41) is 7.79. The molecule has 0 bridgehead atoms. The van der Waals surface area contributed by atoms with E-state index >= 15 is 0 Å². The Morgan fingerprint density at radius 2 is 2.00 bits per heavy atom. The number of aromatic nitrogens is 2. The zero-order valence-electron chi connectivity index (χ0n) is 11.3. The van der Waals surface area contributed by atoms with Crippen molar-refractivity contribution in [2.75, 3.05) is 12.4 Å². The van der Waals surface area contributed by atoms with Gasteiger partial charge in [-0.05, 0) is 25.5 Å². The lowest BCUT2D eigenvalue weighted by atomic mass is 10.2. The molecular weight excluding hydrogens is 226 g/mol. The number of methoxy groups -OCH3 is 1. The smallest absolute Gasteiger partial charge is 0.216 e. The molecule has 0 amide bonds. The highest BCUT2D eigenvalue weighted by Gasteiger charge is 2.13. The van der Waals surface area contributed by atoms with Gasteiger partial charge >= 0.3 is 0 Å². The molecule has 1 aromatic heterocycles. The molecule has 1 aromatic carbocycles. The minimum Gasteiger partial charge on any atom is -0.481 e. The second-order valence-corrected chi connectivity index (χ2v) is 4.37. The van der Waals surface area contributed by atoms with Crippen LogP contribution in [-0.4, -0.2) is 16.9 Å². The van der Waals surface area contributed by atoms with Crippen molar-refractivity contribution in [3.05, 3.63) is 41.1 Å². The van der Waals surface area contributed by atoms with Crippen LogP contribution in [0.3, 0.4) is 0 Å². The lowest BCUT2D eigenvalue weighted by Crippen LogP contribution is -2.03. The van der Waals surface area contributed by atoms with E-state index in [4.69, 9.17) is 4.74 Å². The number of hydrogen-bond donors (Lipinski definition) is 1. The fourth-order valence-corrected chi connectivity index (χ4v) is 2.09. The Balaban J connectivity index is 2.18. The Morgan fingerprint density at radius 3 is 2.67 bits per heavy atom. The van der Waals surface area contributed by atoms with Crippen LogP contribution in [0, 0.1) is 13.8 Å². The van der Waals surface area contributed by atoms with Crippen molar-refractivity contribution in [1.29, 1.82) is 0 Å². The molecular formula is C14H19N3O. The summed E-state index contributed by atoms with van der Waals surface area (Å²) in [6.45, 7) is 4.81. The van der Waals surface area contributed by atoms with Gasteiger partial charge in [-0.25, -0.2) is 4.68 Å². The standard InChI is InChI=1S/C14H19N3O/c1-10-7-5-6-8-13(10)15-9-12-11(2)16-17(3)14(12)18-4/h5-8,15H,9H2,1-4H3. The third-order valence-corrected chi connectivity index (χ3v) is 3.08. The SMILES string of the molecule is COc1c(CNc2ccccc2C)c(C)nn1C. The van der Waals surface area contributed by atoms with Crippen LogP contribution in [0.15, 0.2) is 24.3 Å². The van der Waals surface area contributed by atoms with E-state index in [2.05, 4.69) is 29.5 Å². The molecule has 0 radical (unpaired) electrons. The van der Waals surface area contributed by atoms with Gasteiger partial charge in [0.25, 0.3) is 0 Å². The van der Waals surface area contributed by atoms with Gasteiger partial charge in [-0.1, -0.05) is 18.2 Å². The zero-order chi connectivity index (χ0) is 13.1. The number of para-hydroxylation sites is 1. The lowest BCUT2D eigenvalue weighted by Gasteiger charge is -2.10. The Kier molecular flexibility index (Phi) is 3.55. The van der Waals surface area contributed by atoms with Gasteiger partial charge in [0.15, 0.2) is 0 Å². The monoisotopic (exact) mass is 245 g/mol. The molecule has 1 heterocycles. The predicted octanol–water partition coefficient (Wildman–Crippen LogP) is 2.66. The maximum absolute atomic E-state index is 5.38. The van der Waals surface area contributed by atoms with E-state index in [1.807, 2.05) is 26.1 Å². The molecule has 0 aliphatic rings. The van der Waals surface area contributed by atoms with Crippen molar-refractivity contribution in [2.45, 2.75) is 20.4 Å². The van der Waals surface area contributed by atoms with Gasteiger partial charge < -0.3 is 10.1 Å². The Bertz CT molecular complexity index is 546. The van der Waals surface area contributed by atoms with Gasteiger partial charge in [0.1, 0.15) is 0 Å². The number of anilines is 1. The molecule has 0 spiro atoms. The maximum Gasteiger partial charge on any atom is 0.216 e. The molecule has 0 fully saturated rings. The highest BCUT2D eigenvalue weighted by atomic mass is 16.5. The first-order chi connectivity index (χ1) is 8.63. The van der Waals surface area contributed by atoms with Gasteiger partial charge in [-0.2, -0.15) is 5.10 Å². The number of ether oxygens (including phenoxy) is 1. The Morgan fingerprint density at radius 1 is 1.28 bits per heavy atom. The molecule has 2 aromatic rings. The van der Waals surface area contributed by atoms with Crippen LogP contribution >= 0.6 is 0 Å². The van der Waals surface area contributed by atoms with Crippen molar-refractivity contribution < 1.29 is 4.74 Å². The molecule has 1 N–H and O–H groups in total. The molecule has 0 unspecified atom stereocenters. The first kappa shape index (κ1) is 12.5. The van der Waals surface area contributed by atoms with E-state index in [-0.39, 0.29) is 0 Å². The van der Waals surface area contributed by atoms with Crippen LogP contribution in [0.25, 0.3) is 0 Å². The number of nitrogens with one attached hydrogen (secondary N) is 1. The molecule has 0 aliphatic carbocycles. The number of aryl methyl sites for hydroxylation is 3. The topological polar surface area (TPSA) is 39.1 Å². The first-order valence-corrected chi connectivity index (χ1v) is 5.99. The van der Waals surface area contributed by atoms with Crippen LogP contribution < -0.4 is 10.1 Å². The van der Waals surface area contributed by atoms with Crippen molar-refractivity contribution in [3.63, 3.8) is 0 Å². The first-order valence-electron chi connectivity index (χ1n) is 5.99. The summed E-state index contributed by atoms with van der Waals surface area (Å²) in [4.78, 5) is 0. The van der Waals surface area contributed by atoms with Crippen molar-refractivity contribution >= 4 is 5.69 Å². The Hall–Kier alpha value is -1.97. The molecule has 4 nitrogen and oxygen atoms in total. The Labute approximate surface area is 108 Å². The van der Waals surface area contributed by atoms with Crippen LogP contribution in [0.5, 0.6) is 5.88 Å². The van der Waals surface area contributed by atoms with E-state index in [0.29, 0.717) is 6.54 Å². The quantitative estimate of drug-likeness (QED) is 0.900. The maximum atomic E-state index is 5.38. The van der Waals surface area contributed by atoms with Gasteiger partial charge in [-0.15, -0.1) is 0 Å². The van der Waals surface area contributed by atoms with E-state index in [1.165, 1.54) is 5.56 Å². The number of hydrogen-bond acceptors (Lipinski definition) is 3. The summed E-state index contributed by atoms with van der Waals surface area (Å²) in [7, 11) is 3.57. The number of rotatable bonds is 4. The molecule has 0 aliphatic heterocycles. The minimum absolute atomic E-state index is 0.716. The van der Waals surface area contributed by atoms with Gasteiger partial charge in [0.05, 0.1) is 18.4 Å². The van der Waals surface area contributed by atoms with Crippen molar-refractivity contribution in [1.82, 2.24) is 9.78 Å². The van der Waals surface area contributed by atoms with Crippen LogP contribution in [0.1, 0.15) is 16.8 Å². The zero-order valence-corrected chi connectivity index (χ0v) is 11.3. The summed E-state index contributed by atoms with van der Waals surface area (Å²) in [6.07, 6.45) is 0. The molecule has 0 atom stereocenters. The van der Waals surface area contributed by atoms with Gasteiger partial charge in [-0.3, -0.25) is 0 Å². The summed E-state index contributed by atoms with van der Waals surface area (Å²) >= 11 is 0. The lowest BCUT2D eigenvalue weighted by molar-refractivity contribution is 0.370. The largest absolute Gasteiger partial charge is 0.481 e. The molecule has 96 valence electrons. The summed E-state index contributed by atoms with van der Waals surface area (Å²) in [6, 6.07) is 8.24. The fraction of sp³-hybridized carbons (Fsp3) is 0.357. The van der Waals surface area contributed by atoms with Crippen LogP contribution in [0.2, 0.25) is 0 Å². The molecule has 0 saturated heterocycles. The van der Waals surface area contributed by atoms with Crippen molar-refractivity contribution in [2.24, 2.45) is 7.05 Å². The molecule has 0 saturated carbocycles. The highest BCUT2D eigenvalue weighted by Crippen LogP contribution is 2.23. The average molecular weight is 245 g/mol. The van der Waals surface area contributed by atoms with Gasteiger partial charge in [0, 0.05) is 19.3 Å². The van der Waals surface area contributed by atoms with E-state index in [9.17, 15) is 0 Å². The average Bonchev–Trinajstić information content (AvgIpc) is 2.62. The molecule has 4 heteroatoms. The summed E-state index contributed by atoms with van der Waals surface area (Å²) in [5.41, 5.74) is 4.47. The van der Waals surface area contributed by atoms with Crippen molar-refractivity contribution in [3.8, 4) is 5.88 Å². The second kappa shape index (κ2) is 5.12. The summed E-state index contributed by atoms with van der Waals surface area (Å²) in [5.74, 6) is 0.814. The third-order valence-electron chi connectivity index (χ3n) is 3.08. The molecule has 18 heavy (non-hydrogen) atoms. The van der Waals surface area contributed by atoms with E-state index < -0.39 is 0 Å². The summed E-state index contributed by atoms with van der Waals surface area (Å²) < 4.78 is 7.14. The van der Waals surface area contributed by atoms with Crippen LogP contribution in [0.4, 0.5) is 5.69 Å². The fourth-order valence-electron chi connectivity index (χ4n) is 2.09.